The molecule has 2 heterocycles. The molecule has 2 rings (SSSR count). The maximum Gasteiger partial charge on any atom is 0.134 e. The summed E-state index contributed by atoms with van der Waals surface area (Å²) in [5.41, 5.74) is 1.10. The van der Waals surface area contributed by atoms with Gasteiger partial charge >= 0.3 is 0 Å². The Balaban J connectivity index is 1.83. The van der Waals surface area contributed by atoms with E-state index in [0.29, 0.717) is 0 Å². The van der Waals surface area contributed by atoms with Crippen molar-refractivity contribution >= 4 is 23.4 Å². The van der Waals surface area contributed by atoms with Crippen molar-refractivity contribution in [2.75, 3.05) is 54.9 Å². The van der Waals surface area contributed by atoms with E-state index in [2.05, 4.69) is 39.3 Å². The molecule has 1 saturated heterocycles. The summed E-state index contributed by atoms with van der Waals surface area (Å²) in [5.74, 6) is 4.39. The van der Waals surface area contributed by atoms with Crippen LogP contribution in [0.2, 0.25) is 0 Å². The Hall–Kier alpha value is -1.01. The quantitative estimate of drug-likeness (QED) is 0.827. The summed E-state index contributed by atoms with van der Waals surface area (Å²) in [5, 5.41) is 6.67. The van der Waals surface area contributed by atoms with Crippen molar-refractivity contribution < 1.29 is 0 Å². The number of hydrogen-bond acceptors (Lipinski definition) is 6. The minimum atomic E-state index is 0.878. The van der Waals surface area contributed by atoms with Gasteiger partial charge in [0.2, 0.25) is 0 Å². The van der Waals surface area contributed by atoms with E-state index in [4.69, 9.17) is 0 Å². The molecule has 0 radical (unpaired) electrons. The molecular formula is C13H23N5S. The lowest BCUT2D eigenvalue weighted by Crippen LogP contribution is -2.36. The predicted octanol–water partition coefficient (Wildman–Crippen LogP) is 1.68. The molecule has 1 fully saturated rings. The van der Waals surface area contributed by atoms with Gasteiger partial charge in [-0.1, -0.05) is 0 Å². The minimum Gasteiger partial charge on any atom is -0.370 e. The maximum atomic E-state index is 4.32. The van der Waals surface area contributed by atoms with Gasteiger partial charge in [0.1, 0.15) is 18.0 Å². The average molecular weight is 281 g/mol. The van der Waals surface area contributed by atoms with Crippen LogP contribution in [0.25, 0.3) is 0 Å². The molecule has 0 aromatic carbocycles. The van der Waals surface area contributed by atoms with E-state index in [0.717, 1.165) is 36.8 Å². The Morgan fingerprint density at radius 1 is 1.21 bits per heavy atom. The number of aromatic nitrogens is 2. The van der Waals surface area contributed by atoms with E-state index < -0.39 is 0 Å². The van der Waals surface area contributed by atoms with Crippen LogP contribution in [0.4, 0.5) is 11.6 Å². The first-order chi connectivity index (χ1) is 9.31. The molecule has 0 unspecified atom stereocenters. The summed E-state index contributed by atoms with van der Waals surface area (Å²) in [7, 11) is 0. The number of nitrogens with zero attached hydrogens (tertiary/aromatic N) is 3. The van der Waals surface area contributed by atoms with Crippen LogP contribution in [0, 0.1) is 6.92 Å². The van der Waals surface area contributed by atoms with E-state index in [1.807, 2.05) is 11.8 Å². The maximum absolute atomic E-state index is 4.32. The number of thioether (sulfide) groups is 1. The minimum absolute atomic E-state index is 0.878. The van der Waals surface area contributed by atoms with Gasteiger partial charge in [0, 0.05) is 49.8 Å². The Kier molecular flexibility index (Phi) is 5.72. The van der Waals surface area contributed by atoms with Gasteiger partial charge < -0.3 is 10.6 Å². The molecule has 0 saturated carbocycles. The highest BCUT2D eigenvalue weighted by Crippen LogP contribution is 2.17. The van der Waals surface area contributed by atoms with Crippen molar-refractivity contribution in [1.82, 2.24) is 14.9 Å². The van der Waals surface area contributed by atoms with Crippen molar-refractivity contribution in [2.24, 2.45) is 0 Å². The molecule has 5 nitrogen and oxygen atoms in total. The van der Waals surface area contributed by atoms with Crippen LogP contribution in [-0.4, -0.2) is 59.1 Å². The first-order valence-corrected chi connectivity index (χ1v) is 8.06. The normalized spacial score (nSPS) is 16.3. The molecule has 0 aliphatic carbocycles. The summed E-state index contributed by atoms with van der Waals surface area (Å²) in [4.78, 5) is 11.1. The van der Waals surface area contributed by atoms with Crippen LogP contribution in [0.5, 0.6) is 0 Å². The zero-order valence-corrected chi connectivity index (χ0v) is 12.6. The number of hydrogen-bond donors (Lipinski definition) is 2. The highest BCUT2D eigenvalue weighted by molar-refractivity contribution is 7.99. The summed E-state index contributed by atoms with van der Waals surface area (Å²) in [6.45, 7) is 9.44. The van der Waals surface area contributed by atoms with Crippen molar-refractivity contribution in [3.63, 3.8) is 0 Å². The summed E-state index contributed by atoms with van der Waals surface area (Å²) >= 11 is 2.05. The second-order valence-corrected chi connectivity index (χ2v) is 5.83. The number of nitrogens with one attached hydrogen (secondary N) is 2. The second kappa shape index (κ2) is 7.55. The molecule has 0 bridgehead atoms. The largest absolute Gasteiger partial charge is 0.370 e. The van der Waals surface area contributed by atoms with Crippen LogP contribution in [0.1, 0.15) is 12.5 Å². The van der Waals surface area contributed by atoms with E-state index in [-0.39, 0.29) is 0 Å². The van der Waals surface area contributed by atoms with E-state index in [9.17, 15) is 0 Å². The Morgan fingerprint density at radius 2 is 1.89 bits per heavy atom. The molecule has 0 atom stereocenters. The fourth-order valence-electron chi connectivity index (χ4n) is 2.13. The van der Waals surface area contributed by atoms with Crippen molar-refractivity contribution in [1.29, 1.82) is 0 Å². The Labute approximate surface area is 119 Å². The van der Waals surface area contributed by atoms with Gasteiger partial charge in [-0.05, 0) is 13.8 Å². The first kappa shape index (κ1) is 14.4. The predicted molar refractivity (Wildman–Crippen MR) is 83.2 cm³/mol. The van der Waals surface area contributed by atoms with Crippen LogP contribution in [-0.2, 0) is 0 Å². The van der Waals surface area contributed by atoms with Crippen LogP contribution >= 0.6 is 11.8 Å². The van der Waals surface area contributed by atoms with Gasteiger partial charge in [-0.25, -0.2) is 9.97 Å². The van der Waals surface area contributed by atoms with Crippen molar-refractivity contribution in [3.05, 3.63) is 11.9 Å². The van der Waals surface area contributed by atoms with E-state index >= 15 is 0 Å². The molecular weight excluding hydrogens is 258 g/mol. The van der Waals surface area contributed by atoms with Crippen LogP contribution in [0.3, 0.4) is 0 Å². The topological polar surface area (TPSA) is 53.1 Å². The smallest absolute Gasteiger partial charge is 0.134 e. The van der Waals surface area contributed by atoms with Gasteiger partial charge in [0.25, 0.3) is 0 Å². The third-order valence-corrected chi connectivity index (χ3v) is 4.19. The SMILES string of the molecule is CCNc1ncnc(NCCN2CCSCC2)c1C. The summed E-state index contributed by atoms with van der Waals surface area (Å²) in [6.07, 6.45) is 1.62. The highest BCUT2D eigenvalue weighted by atomic mass is 32.2. The zero-order chi connectivity index (χ0) is 13.5. The third-order valence-electron chi connectivity index (χ3n) is 3.25. The monoisotopic (exact) mass is 281 g/mol. The van der Waals surface area contributed by atoms with Gasteiger partial charge in [-0.3, -0.25) is 4.90 Å². The number of rotatable bonds is 6. The first-order valence-electron chi connectivity index (χ1n) is 6.90. The Morgan fingerprint density at radius 3 is 2.58 bits per heavy atom. The molecule has 0 amide bonds. The molecule has 1 aliphatic rings. The van der Waals surface area contributed by atoms with E-state index in [1.54, 1.807) is 6.33 Å². The van der Waals surface area contributed by atoms with Crippen LogP contribution < -0.4 is 10.6 Å². The fraction of sp³-hybridized carbons (Fsp3) is 0.692. The Bertz CT molecular complexity index is 393. The number of anilines is 2. The summed E-state index contributed by atoms with van der Waals surface area (Å²) < 4.78 is 0. The van der Waals surface area contributed by atoms with Crippen molar-refractivity contribution in [3.8, 4) is 0 Å². The molecule has 1 aromatic heterocycles. The van der Waals surface area contributed by atoms with Gasteiger partial charge in [-0.2, -0.15) is 11.8 Å². The van der Waals surface area contributed by atoms with Crippen LogP contribution in [0.15, 0.2) is 6.33 Å². The molecule has 19 heavy (non-hydrogen) atoms. The molecule has 0 spiro atoms. The lowest BCUT2D eigenvalue weighted by molar-refractivity contribution is 0.314. The van der Waals surface area contributed by atoms with Crippen molar-refractivity contribution in [2.45, 2.75) is 13.8 Å². The highest BCUT2D eigenvalue weighted by Gasteiger charge is 2.10. The van der Waals surface area contributed by atoms with E-state index in [1.165, 1.54) is 24.6 Å². The molecule has 106 valence electrons. The van der Waals surface area contributed by atoms with Gasteiger partial charge in [-0.15, -0.1) is 0 Å². The molecule has 6 heteroatoms. The molecule has 1 aliphatic heterocycles. The zero-order valence-electron chi connectivity index (χ0n) is 11.8. The standard InChI is InChI=1S/C13H23N5S/c1-3-14-12-11(2)13(17-10-16-12)15-4-5-18-6-8-19-9-7-18/h10H,3-9H2,1-2H3,(H2,14,15,16,17). The fourth-order valence-corrected chi connectivity index (χ4v) is 3.11. The molecule has 1 aromatic rings. The second-order valence-electron chi connectivity index (χ2n) is 4.61. The van der Waals surface area contributed by atoms with Gasteiger partial charge in [0.15, 0.2) is 0 Å². The lowest BCUT2D eigenvalue weighted by atomic mass is 10.3. The third kappa shape index (κ3) is 4.24. The average Bonchev–Trinajstić information content (AvgIpc) is 2.44. The molecule has 2 N–H and O–H groups in total. The van der Waals surface area contributed by atoms with Gasteiger partial charge in [0.05, 0.1) is 0 Å². The lowest BCUT2D eigenvalue weighted by Gasteiger charge is -2.26. The summed E-state index contributed by atoms with van der Waals surface area (Å²) in [6, 6.07) is 0.